The number of esters is 1. The minimum atomic E-state index is -1.20. The van der Waals surface area contributed by atoms with Gasteiger partial charge in [0.05, 0.1) is 5.56 Å². The number of rotatable bonds is 5. The molecule has 3 N–H and O–H groups in total. The zero-order chi connectivity index (χ0) is 24.5. The number of hydrogen-bond acceptors (Lipinski definition) is 6. The highest BCUT2D eigenvalue weighted by molar-refractivity contribution is 5.96. The molecular weight excluding hydrogens is 444 g/mol. The topological polar surface area (TPSA) is 96.2 Å². The number of aryl methyl sites for hydroxylation is 1. The smallest absolute Gasteiger partial charge is 0.343 e. The van der Waals surface area contributed by atoms with E-state index in [1.807, 2.05) is 6.07 Å². The Balaban J connectivity index is 1.29. The number of aliphatic hydroxyl groups excluding tert-OH is 1. The van der Waals surface area contributed by atoms with Gasteiger partial charge in [0.15, 0.2) is 0 Å². The second kappa shape index (κ2) is 9.00. The predicted octanol–water partition coefficient (Wildman–Crippen LogP) is 6.00. The molecule has 35 heavy (non-hydrogen) atoms. The monoisotopic (exact) mass is 466 g/mol. The maximum atomic E-state index is 12.7. The van der Waals surface area contributed by atoms with Gasteiger partial charge in [-0.3, -0.25) is 0 Å². The molecule has 0 saturated carbocycles. The Morgan fingerprint density at radius 3 is 2.00 bits per heavy atom. The van der Waals surface area contributed by atoms with Gasteiger partial charge in [0, 0.05) is 5.56 Å². The molecule has 0 bridgehead atoms. The Kier molecular flexibility index (Phi) is 5.73. The van der Waals surface area contributed by atoms with E-state index in [4.69, 9.17) is 9.47 Å². The number of aliphatic hydroxyl groups is 1. The summed E-state index contributed by atoms with van der Waals surface area (Å²) in [5, 5.41) is 33.2. The summed E-state index contributed by atoms with van der Waals surface area (Å²) in [6, 6.07) is 25.3. The third kappa shape index (κ3) is 4.74. The van der Waals surface area contributed by atoms with Crippen molar-refractivity contribution >= 4 is 27.5 Å². The first-order valence-electron chi connectivity index (χ1n) is 11.0. The summed E-state index contributed by atoms with van der Waals surface area (Å²) in [6.07, 6.45) is -1.20. The van der Waals surface area contributed by atoms with Crippen molar-refractivity contribution in [3.8, 4) is 23.0 Å². The second-order valence-corrected chi connectivity index (χ2v) is 8.32. The number of carbonyl (C=O) groups is 1. The average molecular weight is 466 g/mol. The molecule has 0 aliphatic heterocycles. The van der Waals surface area contributed by atoms with Crippen LogP contribution in [0.3, 0.4) is 0 Å². The van der Waals surface area contributed by atoms with Gasteiger partial charge in [0.1, 0.15) is 23.0 Å². The van der Waals surface area contributed by atoms with Gasteiger partial charge < -0.3 is 24.8 Å². The quantitative estimate of drug-likeness (QED) is 0.167. The van der Waals surface area contributed by atoms with Gasteiger partial charge in [-0.2, -0.15) is 0 Å². The van der Waals surface area contributed by atoms with Crippen LogP contribution in [0.2, 0.25) is 0 Å². The van der Waals surface area contributed by atoms with E-state index in [-0.39, 0.29) is 11.5 Å². The molecule has 0 saturated heterocycles. The number of phenolic OH excluding ortho intramolecular Hbond substituents is 2. The molecule has 174 valence electrons. The molecule has 1 unspecified atom stereocenters. The molecule has 6 heteroatoms. The lowest BCUT2D eigenvalue weighted by molar-refractivity contribution is -0.0198. The van der Waals surface area contributed by atoms with Crippen molar-refractivity contribution in [2.75, 3.05) is 0 Å². The number of phenols is 2. The minimum Gasteiger partial charge on any atom is -0.508 e. The summed E-state index contributed by atoms with van der Waals surface area (Å²) < 4.78 is 11.3. The molecule has 0 aliphatic rings. The standard InChI is InChI=1S/C29H22O6/c1-17-12-26(34-28(32)22-4-2-20-15-24(30)8-6-18(20)13-22)10-11-27(17)35-29(33)23-5-3-21-16-25(31)9-7-19(21)14-23/h2-16,29-31,33H,1H3. The summed E-state index contributed by atoms with van der Waals surface area (Å²) in [7, 11) is 0. The van der Waals surface area contributed by atoms with Gasteiger partial charge in [0.2, 0.25) is 6.29 Å². The van der Waals surface area contributed by atoms with Crippen molar-refractivity contribution in [3.05, 3.63) is 108 Å². The van der Waals surface area contributed by atoms with Crippen molar-refractivity contribution in [2.24, 2.45) is 0 Å². The van der Waals surface area contributed by atoms with Gasteiger partial charge in [0.25, 0.3) is 0 Å². The van der Waals surface area contributed by atoms with Crippen LogP contribution in [0.4, 0.5) is 0 Å². The largest absolute Gasteiger partial charge is 0.508 e. The maximum Gasteiger partial charge on any atom is 0.343 e. The highest BCUT2D eigenvalue weighted by Gasteiger charge is 2.14. The maximum absolute atomic E-state index is 12.7. The average Bonchev–Trinajstić information content (AvgIpc) is 2.84. The Bertz CT molecular complexity index is 1570. The van der Waals surface area contributed by atoms with Crippen LogP contribution in [0.25, 0.3) is 21.5 Å². The van der Waals surface area contributed by atoms with Gasteiger partial charge in [-0.25, -0.2) is 4.79 Å². The lowest BCUT2D eigenvalue weighted by atomic mass is 10.1. The molecule has 0 aromatic heterocycles. The van der Waals surface area contributed by atoms with Crippen LogP contribution in [-0.2, 0) is 0 Å². The third-order valence-electron chi connectivity index (χ3n) is 5.79. The molecule has 0 spiro atoms. The molecule has 0 amide bonds. The van der Waals surface area contributed by atoms with E-state index in [9.17, 15) is 20.1 Å². The highest BCUT2D eigenvalue weighted by atomic mass is 16.6. The second-order valence-electron chi connectivity index (χ2n) is 8.32. The number of benzene rings is 5. The first kappa shape index (κ1) is 22.3. The van der Waals surface area contributed by atoms with Crippen LogP contribution in [0.5, 0.6) is 23.0 Å². The zero-order valence-electron chi connectivity index (χ0n) is 18.8. The van der Waals surface area contributed by atoms with E-state index in [1.54, 1.807) is 91.9 Å². The molecule has 5 aromatic rings. The van der Waals surface area contributed by atoms with E-state index >= 15 is 0 Å². The van der Waals surface area contributed by atoms with Crippen LogP contribution in [0, 0.1) is 6.92 Å². The summed E-state index contributed by atoms with van der Waals surface area (Å²) >= 11 is 0. The van der Waals surface area contributed by atoms with Gasteiger partial charge in [-0.15, -0.1) is 0 Å². The van der Waals surface area contributed by atoms with E-state index in [2.05, 4.69) is 0 Å². The first-order valence-corrected chi connectivity index (χ1v) is 11.0. The minimum absolute atomic E-state index is 0.164. The number of aromatic hydroxyl groups is 2. The van der Waals surface area contributed by atoms with E-state index < -0.39 is 12.3 Å². The Morgan fingerprint density at radius 2 is 1.31 bits per heavy atom. The van der Waals surface area contributed by atoms with E-state index in [0.717, 1.165) is 21.5 Å². The molecule has 0 radical (unpaired) electrons. The number of hydrogen-bond donors (Lipinski definition) is 3. The molecule has 1 atom stereocenters. The predicted molar refractivity (Wildman–Crippen MR) is 133 cm³/mol. The Hall–Kier alpha value is -4.55. The van der Waals surface area contributed by atoms with Crippen molar-refractivity contribution in [1.82, 2.24) is 0 Å². The Labute approximate surface area is 201 Å². The Morgan fingerprint density at radius 1 is 0.714 bits per heavy atom. The van der Waals surface area contributed by atoms with Crippen LogP contribution in [0.15, 0.2) is 91.0 Å². The lowest BCUT2D eigenvalue weighted by Gasteiger charge is -2.17. The summed E-state index contributed by atoms with van der Waals surface area (Å²) in [5.41, 5.74) is 1.65. The van der Waals surface area contributed by atoms with Gasteiger partial charge >= 0.3 is 5.97 Å². The fourth-order valence-corrected chi connectivity index (χ4v) is 3.94. The third-order valence-corrected chi connectivity index (χ3v) is 5.79. The normalized spacial score (nSPS) is 11.9. The SMILES string of the molecule is Cc1cc(OC(=O)c2ccc3cc(O)ccc3c2)ccc1OC(O)c1ccc2cc(O)ccc2c1. The molecular formula is C29H22O6. The van der Waals surface area contributed by atoms with E-state index in [1.165, 1.54) is 0 Å². The molecule has 0 fully saturated rings. The van der Waals surface area contributed by atoms with Crippen LogP contribution in [-0.4, -0.2) is 21.3 Å². The van der Waals surface area contributed by atoms with Crippen molar-refractivity contribution in [2.45, 2.75) is 13.2 Å². The fraction of sp³-hybridized carbons (Fsp3) is 0.0690. The molecule has 5 rings (SSSR count). The first-order chi connectivity index (χ1) is 16.9. The highest BCUT2D eigenvalue weighted by Crippen LogP contribution is 2.30. The molecule has 5 aromatic carbocycles. The number of fused-ring (bicyclic) bond motifs is 2. The molecule has 0 aliphatic carbocycles. The number of ether oxygens (including phenoxy) is 2. The summed E-state index contributed by atoms with van der Waals surface area (Å²) in [4.78, 5) is 12.7. The molecule has 0 heterocycles. The van der Waals surface area contributed by atoms with Gasteiger partial charge in [-0.05, 0) is 94.7 Å². The fourth-order valence-electron chi connectivity index (χ4n) is 3.94. The number of carbonyl (C=O) groups excluding carboxylic acids is 1. The summed E-state index contributed by atoms with van der Waals surface area (Å²) in [6.45, 7) is 1.80. The summed E-state index contributed by atoms with van der Waals surface area (Å²) in [5.74, 6) is 0.644. The van der Waals surface area contributed by atoms with Crippen molar-refractivity contribution < 1.29 is 29.6 Å². The van der Waals surface area contributed by atoms with Crippen molar-refractivity contribution in [1.29, 1.82) is 0 Å². The van der Waals surface area contributed by atoms with Crippen molar-refractivity contribution in [3.63, 3.8) is 0 Å². The van der Waals surface area contributed by atoms with Crippen LogP contribution in [0.1, 0.15) is 27.8 Å². The van der Waals surface area contributed by atoms with E-state index in [0.29, 0.717) is 28.2 Å². The van der Waals surface area contributed by atoms with Crippen LogP contribution >= 0.6 is 0 Å². The molecule has 6 nitrogen and oxygen atoms in total. The zero-order valence-corrected chi connectivity index (χ0v) is 18.8. The van der Waals surface area contributed by atoms with Crippen LogP contribution < -0.4 is 9.47 Å². The van der Waals surface area contributed by atoms with Gasteiger partial charge in [-0.1, -0.05) is 30.3 Å². The lowest BCUT2D eigenvalue weighted by Crippen LogP contribution is -2.09.